The van der Waals surface area contributed by atoms with Gasteiger partial charge in [-0.05, 0) is 23.1 Å². The second-order valence-corrected chi connectivity index (χ2v) is 9.10. The van der Waals surface area contributed by atoms with E-state index < -0.39 is 22.2 Å². The smallest absolute Gasteiger partial charge is 0.315 e. The minimum Gasteiger partial charge on any atom is -0.441 e. The first kappa shape index (κ1) is 19.6. The van der Waals surface area contributed by atoms with E-state index in [9.17, 15) is 18.0 Å². The van der Waals surface area contributed by atoms with Crippen molar-refractivity contribution in [2.45, 2.75) is 32.4 Å². The number of hydrogen-bond acceptors (Lipinski definition) is 5. The molecule has 1 aromatic rings. The van der Waals surface area contributed by atoms with Gasteiger partial charge in [0, 0.05) is 25.9 Å². The summed E-state index contributed by atoms with van der Waals surface area (Å²) in [6, 6.07) is 7.70. The van der Waals surface area contributed by atoms with E-state index in [0.717, 1.165) is 16.7 Å². The fourth-order valence-electron chi connectivity index (χ4n) is 3.61. The van der Waals surface area contributed by atoms with E-state index in [2.05, 4.69) is 5.32 Å². The molecule has 0 aliphatic carbocycles. The zero-order valence-corrected chi connectivity index (χ0v) is 16.5. The summed E-state index contributed by atoms with van der Waals surface area (Å²) in [7, 11) is -3.17. The largest absolute Gasteiger partial charge is 0.441 e. The van der Waals surface area contributed by atoms with Gasteiger partial charge in [-0.25, -0.2) is 8.42 Å². The van der Waals surface area contributed by atoms with Gasteiger partial charge in [0.2, 0.25) is 15.9 Å². The Kier molecular flexibility index (Phi) is 5.39. The average Bonchev–Trinajstić information content (AvgIpc) is 2.87. The Morgan fingerprint density at radius 3 is 2.44 bits per heavy atom. The minimum atomic E-state index is -3.17. The maximum absolute atomic E-state index is 12.2. The van der Waals surface area contributed by atoms with Crippen molar-refractivity contribution in [2.24, 2.45) is 5.92 Å². The summed E-state index contributed by atoms with van der Waals surface area (Å²) in [4.78, 5) is 23.5. The highest BCUT2D eigenvalue weighted by Gasteiger charge is 2.43. The van der Waals surface area contributed by atoms with Crippen LogP contribution in [0.15, 0.2) is 30.3 Å². The molecule has 146 valence electrons. The fraction of sp³-hybridized carbons (Fsp3) is 0.474. The van der Waals surface area contributed by atoms with Crippen LogP contribution in [0.3, 0.4) is 0 Å². The number of carbonyl (C=O) groups is 2. The van der Waals surface area contributed by atoms with Gasteiger partial charge in [-0.2, -0.15) is 4.31 Å². The average molecular weight is 392 g/mol. The van der Waals surface area contributed by atoms with Crippen molar-refractivity contribution in [1.82, 2.24) is 9.62 Å². The summed E-state index contributed by atoms with van der Waals surface area (Å²) < 4.78 is 30.0. The van der Waals surface area contributed by atoms with E-state index in [0.29, 0.717) is 19.5 Å². The number of benzene rings is 1. The Morgan fingerprint density at radius 2 is 1.93 bits per heavy atom. The minimum absolute atomic E-state index is 0.163. The summed E-state index contributed by atoms with van der Waals surface area (Å²) >= 11 is 0. The normalized spacial score (nSPS) is 26.4. The standard InChI is InChI=1S/C19H24N2O5S/c1-12-17(19(23)26-18(12)20-13(2)22)16-6-4-14(5-7-16)15-8-10-21(11-9-15)27(3,24)25/h4-8,12,17-18H,9-11H2,1-3H3,(H,20,22). The monoisotopic (exact) mass is 392 g/mol. The van der Waals surface area contributed by atoms with E-state index in [1.807, 2.05) is 37.3 Å². The molecule has 3 atom stereocenters. The molecule has 8 heteroatoms. The fourth-order valence-corrected chi connectivity index (χ4v) is 4.38. The molecule has 1 fully saturated rings. The lowest BCUT2D eigenvalue weighted by Gasteiger charge is -2.24. The van der Waals surface area contributed by atoms with Crippen LogP contribution in [-0.2, 0) is 24.3 Å². The van der Waals surface area contributed by atoms with Crippen LogP contribution in [0.5, 0.6) is 0 Å². The zero-order valence-electron chi connectivity index (χ0n) is 15.6. The Hall–Kier alpha value is -2.19. The van der Waals surface area contributed by atoms with Crippen molar-refractivity contribution < 1.29 is 22.7 Å². The van der Waals surface area contributed by atoms with E-state index in [4.69, 9.17) is 4.74 Å². The third-order valence-corrected chi connectivity index (χ3v) is 6.40. The number of nitrogens with zero attached hydrogens (tertiary/aromatic N) is 1. The Bertz CT molecular complexity index is 876. The number of cyclic esters (lactones) is 1. The number of hydrogen-bond donors (Lipinski definition) is 1. The Labute approximate surface area is 159 Å². The van der Waals surface area contributed by atoms with Crippen LogP contribution in [-0.4, -0.2) is 50.2 Å². The summed E-state index contributed by atoms with van der Waals surface area (Å²) in [5.74, 6) is -1.15. The van der Waals surface area contributed by atoms with E-state index >= 15 is 0 Å². The SMILES string of the molecule is CC(=O)NC1OC(=O)C(c2ccc(C3=CCN(S(C)(=O)=O)CC3)cc2)C1C. The highest BCUT2D eigenvalue weighted by molar-refractivity contribution is 7.88. The van der Waals surface area contributed by atoms with Crippen LogP contribution in [0, 0.1) is 5.92 Å². The molecular weight excluding hydrogens is 368 g/mol. The van der Waals surface area contributed by atoms with Gasteiger partial charge in [0.1, 0.15) is 0 Å². The molecule has 0 bridgehead atoms. The van der Waals surface area contributed by atoms with Gasteiger partial charge in [0.15, 0.2) is 6.23 Å². The van der Waals surface area contributed by atoms with E-state index in [1.54, 1.807) is 0 Å². The van der Waals surface area contributed by atoms with Crippen molar-refractivity contribution in [1.29, 1.82) is 0 Å². The molecule has 0 spiro atoms. The maximum Gasteiger partial charge on any atom is 0.315 e. The molecule has 1 N–H and O–H groups in total. The lowest BCUT2D eigenvalue weighted by Crippen LogP contribution is -2.36. The summed E-state index contributed by atoms with van der Waals surface area (Å²) in [5, 5.41) is 2.66. The number of sulfonamides is 1. The first-order chi connectivity index (χ1) is 12.7. The molecule has 1 amide bonds. The number of ether oxygens (including phenoxy) is 1. The molecule has 2 aliphatic heterocycles. The van der Waals surface area contributed by atoms with Crippen LogP contribution in [0.1, 0.15) is 37.3 Å². The van der Waals surface area contributed by atoms with Gasteiger partial charge in [-0.1, -0.05) is 37.3 Å². The number of amides is 1. The molecule has 0 aromatic heterocycles. The molecule has 0 saturated carbocycles. The second-order valence-electron chi connectivity index (χ2n) is 7.12. The molecule has 2 heterocycles. The lowest BCUT2D eigenvalue weighted by molar-refractivity contribution is -0.144. The van der Waals surface area contributed by atoms with Crippen molar-refractivity contribution >= 4 is 27.5 Å². The van der Waals surface area contributed by atoms with Crippen molar-refractivity contribution in [3.63, 3.8) is 0 Å². The van der Waals surface area contributed by atoms with E-state index in [-0.39, 0.29) is 17.8 Å². The lowest BCUT2D eigenvalue weighted by atomic mass is 9.87. The summed E-state index contributed by atoms with van der Waals surface area (Å²) in [6.07, 6.45) is 3.19. The molecule has 27 heavy (non-hydrogen) atoms. The van der Waals surface area contributed by atoms with Crippen LogP contribution < -0.4 is 5.32 Å². The molecule has 1 saturated heterocycles. The first-order valence-electron chi connectivity index (χ1n) is 8.89. The maximum atomic E-state index is 12.2. The molecule has 3 unspecified atom stereocenters. The van der Waals surface area contributed by atoms with Gasteiger partial charge in [-0.15, -0.1) is 0 Å². The van der Waals surface area contributed by atoms with Crippen molar-refractivity contribution in [3.8, 4) is 0 Å². The number of carbonyl (C=O) groups excluding carboxylic acids is 2. The third-order valence-electron chi connectivity index (χ3n) is 5.13. The third kappa shape index (κ3) is 4.22. The number of nitrogens with one attached hydrogen (secondary N) is 1. The van der Waals surface area contributed by atoms with Gasteiger partial charge < -0.3 is 10.1 Å². The topological polar surface area (TPSA) is 92.8 Å². The highest BCUT2D eigenvalue weighted by Crippen LogP contribution is 2.36. The Morgan fingerprint density at radius 1 is 1.26 bits per heavy atom. The molecule has 0 radical (unpaired) electrons. The zero-order chi connectivity index (χ0) is 19.8. The van der Waals surface area contributed by atoms with Gasteiger partial charge in [-0.3, -0.25) is 9.59 Å². The molecular formula is C19H24N2O5S. The van der Waals surface area contributed by atoms with Gasteiger partial charge >= 0.3 is 5.97 Å². The number of esters is 1. The quantitative estimate of drug-likeness (QED) is 0.784. The highest BCUT2D eigenvalue weighted by atomic mass is 32.2. The predicted molar refractivity (Wildman–Crippen MR) is 101 cm³/mol. The molecule has 7 nitrogen and oxygen atoms in total. The number of rotatable bonds is 4. The molecule has 2 aliphatic rings. The second kappa shape index (κ2) is 7.44. The van der Waals surface area contributed by atoms with Crippen LogP contribution >= 0.6 is 0 Å². The Balaban J connectivity index is 1.74. The van der Waals surface area contributed by atoms with Crippen LogP contribution in [0.4, 0.5) is 0 Å². The summed E-state index contributed by atoms with van der Waals surface area (Å²) in [6.45, 7) is 4.12. The van der Waals surface area contributed by atoms with Crippen LogP contribution in [0.2, 0.25) is 0 Å². The van der Waals surface area contributed by atoms with Gasteiger partial charge in [0.25, 0.3) is 0 Å². The van der Waals surface area contributed by atoms with Crippen molar-refractivity contribution in [3.05, 3.63) is 41.5 Å². The van der Waals surface area contributed by atoms with Gasteiger partial charge in [0.05, 0.1) is 12.2 Å². The molecule has 3 rings (SSSR count). The van der Waals surface area contributed by atoms with Crippen molar-refractivity contribution in [2.75, 3.05) is 19.3 Å². The first-order valence-corrected chi connectivity index (χ1v) is 10.7. The van der Waals surface area contributed by atoms with E-state index in [1.165, 1.54) is 17.5 Å². The van der Waals surface area contributed by atoms with Crippen LogP contribution in [0.25, 0.3) is 5.57 Å². The molecule has 1 aromatic carbocycles. The summed E-state index contributed by atoms with van der Waals surface area (Å²) in [5.41, 5.74) is 2.96. The predicted octanol–water partition coefficient (Wildman–Crippen LogP) is 1.47.